The van der Waals surface area contributed by atoms with Crippen LogP contribution in [0.2, 0.25) is 0 Å². The van der Waals surface area contributed by atoms with Gasteiger partial charge in [0, 0.05) is 18.8 Å². The monoisotopic (exact) mass is 287 g/mol. The van der Waals surface area contributed by atoms with Gasteiger partial charge in [-0.15, -0.1) is 0 Å². The molecule has 2 rings (SSSR count). The molecule has 0 aliphatic heterocycles. The summed E-state index contributed by atoms with van der Waals surface area (Å²) in [6.45, 7) is 4.69. The topological polar surface area (TPSA) is 56.3 Å². The van der Waals surface area contributed by atoms with Crippen molar-refractivity contribution in [3.8, 4) is 11.6 Å². The summed E-state index contributed by atoms with van der Waals surface area (Å²) in [6, 6.07) is 9.78. The van der Waals surface area contributed by atoms with Gasteiger partial charge in [-0.25, -0.2) is 4.98 Å². The second-order valence-electron chi connectivity index (χ2n) is 4.91. The molecule has 2 aromatic rings. The molecule has 0 aliphatic rings. The van der Waals surface area contributed by atoms with Crippen LogP contribution in [0.3, 0.4) is 0 Å². The van der Waals surface area contributed by atoms with Crippen LogP contribution in [-0.4, -0.2) is 29.7 Å². The molecule has 1 aromatic carbocycles. The summed E-state index contributed by atoms with van der Waals surface area (Å²) in [5.41, 5.74) is 1.21. The minimum atomic E-state index is 0.101. The number of aromatic nitrogens is 2. The van der Waals surface area contributed by atoms with Gasteiger partial charge in [0.25, 0.3) is 0 Å². The Morgan fingerprint density at radius 1 is 1.24 bits per heavy atom. The fourth-order valence-electron chi connectivity index (χ4n) is 1.88. The van der Waals surface area contributed by atoms with Crippen molar-refractivity contribution in [1.82, 2.24) is 9.97 Å². The van der Waals surface area contributed by atoms with Crippen LogP contribution in [0, 0.1) is 0 Å². The first-order valence-corrected chi connectivity index (χ1v) is 7.04. The van der Waals surface area contributed by atoms with Crippen LogP contribution in [0.4, 0.5) is 5.95 Å². The van der Waals surface area contributed by atoms with E-state index >= 15 is 0 Å². The zero-order valence-corrected chi connectivity index (χ0v) is 12.7. The summed E-state index contributed by atoms with van der Waals surface area (Å²) in [7, 11) is 1.67. The number of nitrogens with zero attached hydrogens (tertiary/aromatic N) is 2. The lowest BCUT2D eigenvalue weighted by Crippen LogP contribution is -2.11. The standard InChI is InChI=1S/C16H21N3O2/c1-12(2)21-15-8-10-18-16(19-15)17-9-7-13-5-4-6-14(11-13)20-3/h4-6,8,10-12H,7,9H2,1-3H3,(H,17,18,19). The molecule has 0 unspecified atom stereocenters. The largest absolute Gasteiger partial charge is 0.497 e. The number of ether oxygens (including phenoxy) is 2. The van der Waals surface area contributed by atoms with Crippen molar-refractivity contribution in [3.05, 3.63) is 42.1 Å². The molecule has 5 heteroatoms. The van der Waals surface area contributed by atoms with E-state index in [0.717, 1.165) is 18.7 Å². The van der Waals surface area contributed by atoms with Gasteiger partial charge in [0.1, 0.15) is 5.75 Å². The fraction of sp³-hybridized carbons (Fsp3) is 0.375. The van der Waals surface area contributed by atoms with Crippen LogP contribution in [0.5, 0.6) is 11.6 Å². The number of hydrogen-bond donors (Lipinski definition) is 1. The normalized spacial score (nSPS) is 10.5. The molecule has 21 heavy (non-hydrogen) atoms. The van der Waals surface area contributed by atoms with E-state index < -0.39 is 0 Å². The molecule has 0 fully saturated rings. The van der Waals surface area contributed by atoms with Gasteiger partial charge >= 0.3 is 0 Å². The minimum Gasteiger partial charge on any atom is -0.497 e. The Bertz CT molecular complexity index is 573. The maximum atomic E-state index is 5.54. The van der Waals surface area contributed by atoms with Crippen molar-refractivity contribution in [2.24, 2.45) is 0 Å². The van der Waals surface area contributed by atoms with E-state index in [9.17, 15) is 0 Å². The molecule has 1 heterocycles. The first kappa shape index (κ1) is 15.1. The van der Waals surface area contributed by atoms with Crippen molar-refractivity contribution in [2.45, 2.75) is 26.4 Å². The third-order valence-corrected chi connectivity index (χ3v) is 2.82. The Kier molecular flexibility index (Phi) is 5.37. The van der Waals surface area contributed by atoms with Crippen LogP contribution in [0.15, 0.2) is 36.5 Å². The van der Waals surface area contributed by atoms with E-state index in [-0.39, 0.29) is 6.10 Å². The molecule has 0 saturated carbocycles. The molecule has 1 aromatic heterocycles. The first-order valence-electron chi connectivity index (χ1n) is 7.04. The van der Waals surface area contributed by atoms with Crippen LogP contribution < -0.4 is 14.8 Å². The molecular weight excluding hydrogens is 266 g/mol. The van der Waals surface area contributed by atoms with E-state index in [1.165, 1.54) is 5.56 Å². The number of benzene rings is 1. The zero-order chi connectivity index (χ0) is 15.1. The van der Waals surface area contributed by atoms with Crippen molar-refractivity contribution in [1.29, 1.82) is 0 Å². The second-order valence-corrected chi connectivity index (χ2v) is 4.91. The molecule has 0 aliphatic carbocycles. The van der Waals surface area contributed by atoms with Gasteiger partial charge in [-0.1, -0.05) is 12.1 Å². The summed E-state index contributed by atoms with van der Waals surface area (Å²) in [4.78, 5) is 8.49. The summed E-state index contributed by atoms with van der Waals surface area (Å²) in [6.07, 6.45) is 2.67. The number of methoxy groups -OCH3 is 1. The lowest BCUT2D eigenvalue weighted by atomic mass is 10.1. The fourth-order valence-corrected chi connectivity index (χ4v) is 1.88. The molecule has 0 radical (unpaired) electrons. The number of rotatable bonds is 7. The second kappa shape index (κ2) is 7.47. The predicted molar refractivity (Wildman–Crippen MR) is 83.0 cm³/mol. The molecule has 112 valence electrons. The SMILES string of the molecule is COc1cccc(CCNc2nccc(OC(C)C)n2)c1. The highest BCUT2D eigenvalue weighted by molar-refractivity contribution is 5.31. The number of anilines is 1. The van der Waals surface area contributed by atoms with Crippen molar-refractivity contribution < 1.29 is 9.47 Å². The smallest absolute Gasteiger partial charge is 0.225 e. The van der Waals surface area contributed by atoms with E-state index in [0.29, 0.717) is 11.8 Å². The van der Waals surface area contributed by atoms with Crippen molar-refractivity contribution >= 4 is 5.95 Å². The van der Waals surface area contributed by atoms with Crippen molar-refractivity contribution in [2.75, 3.05) is 19.0 Å². The van der Waals surface area contributed by atoms with E-state index in [1.807, 2.05) is 32.0 Å². The van der Waals surface area contributed by atoms with E-state index in [2.05, 4.69) is 21.4 Å². The zero-order valence-electron chi connectivity index (χ0n) is 12.7. The Balaban J connectivity index is 1.88. The predicted octanol–water partition coefficient (Wildman–Crippen LogP) is 2.93. The molecule has 5 nitrogen and oxygen atoms in total. The van der Waals surface area contributed by atoms with Gasteiger partial charge in [0.2, 0.25) is 11.8 Å². The minimum absolute atomic E-state index is 0.101. The highest BCUT2D eigenvalue weighted by atomic mass is 16.5. The van der Waals surface area contributed by atoms with Crippen LogP contribution in [-0.2, 0) is 6.42 Å². The maximum absolute atomic E-state index is 5.54. The van der Waals surface area contributed by atoms with Gasteiger partial charge in [-0.05, 0) is 38.0 Å². The summed E-state index contributed by atoms with van der Waals surface area (Å²) in [5.74, 6) is 2.04. The Morgan fingerprint density at radius 2 is 2.10 bits per heavy atom. The molecule has 1 N–H and O–H groups in total. The lowest BCUT2D eigenvalue weighted by molar-refractivity contribution is 0.232. The maximum Gasteiger partial charge on any atom is 0.225 e. The third-order valence-electron chi connectivity index (χ3n) is 2.82. The van der Waals surface area contributed by atoms with E-state index in [1.54, 1.807) is 19.4 Å². The van der Waals surface area contributed by atoms with Gasteiger partial charge in [-0.2, -0.15) is 4.98 Å². The molecule has 0 saturated heterocycles. The number of hydrogen-bond acceptors (Lipinski definition) is 5. The van der Waals surface area contributed by atoms with Crippen LogP contribution >= 0.6 is 0 Å². The Hall–Kier alpha value is -2.30. The first-order chi connectivity index (χ1) is 10.2. The molecule has 0 amide bonds. The van der Waals surface area contributed by atoms with Gasteiger partial charge < -0.3 is 14.8 Å². The van der Waals surface area contributed by atoms with Gasteiger partial charge in [-0.3, -0.25) is 0 Å². The highest BCUT2D eigenvalue weighted by Gasteiger charge is 2.02. The number of nitrogens with one attached hydrogen (secondary N) is 1. The average molecular weight is 287 g/mol. The molecule has 0 spiro atoms. The van der Waals surface area contributed by atoms with Gasteiger partial charge in [0.15, 0.2) is 0 Å². The van der Waals surface area contributed by atoms with E-state index in [4.69, 9.17) is 9.47 Å². The summed E-state index contributed by atoms with van der Waals surface area (Å²) in [5, 5.41) is 3.20. The lowest BCUT2D eigenvalue weighted by Gasteiger charge is -2.10. The van der Waals surface area contributed by atoms with Crippen LogP contribution in [0.25, 0.3) is 0 Å². The highest BCUT2D eigenvalue weighted by Crippen LogP contribution is 2.13. The van der Waals surface area contributed by atoms with Gasteiger partial charge in [0.05, 0.1) is 13.2 Å². The average Bonchev–Trinajstić information content (AvgIpc) is 2.47. The molecule has 0 bridgehead atoms. The molecule has 0 atom stereocenters. The quantitative estimate of drug-likeness (QED) is 0.848. The summed E-state index contributed by atoms with van der Waals surface area (Å²) >= 11 is 0. The molecular formula is C16H21N3O2. The summed E-state index contributed by atoms with van der Waals surface area (Å²) < 4.78 is 10.8. The Labute approximate surface area is 125 Å². The van der Waals surface area contributed by atoms with Crippen molar-refractivity contribution in [3.63, 3.8) is 0 Å². The van der Waals surface area contributed by atoms with Crippen LogP contribution in [0.1, 0.15) is 19.4 Å². The third kappa shape index (κ3) is 4.95. The Morgan fingerprint density at radius 3 is 2.86 bits per heavy atom.